The lowest BCUT2D eigenvalue weighted by Crippen LogP contribution is -2.17. The van der Waals surface area contributed by atoms with Crippen molar-refractivity contribution in [3.63, 3.8) is 0 Å². The molecule has 1 aromatic rings. The van der Waals surface area contributed by atoms with Gasteiger partial charge in [-0.2, -0.15) is 0 Å². The van der Waals surface area contributed by atoms with Crippen molar-refractivity contribution < 1.29 is 0 Å². The minimum Gasteiger partial charge on any atom is -0.310 e. The molecule has 2 atom stereocenters. The molecule has 15 heavy (non-hydrogen) atoms. The molecule has 1 aliphatic carbocycles. The SMILES string of the molecule is CCC1CC1NCc1ccc(Cl)c(C)c1. The van der Waals surface area contributed by atoms with Crippen LogP contribution in [-0.2, 0) is 6.54 Å². The first kappa shape index (κ1) is 11.0. The van der Waals surface area contributed by atoms with Gasteiger partial charge in [0.2, 0.25) is 0 Å². The third-order valence-corrected chi connectivity index (χ3v) is 3.66. The molecule has 0 amide bonds. The fourth-order valence-electron chi connectivity index (χ4n) is 2.01. The zero-order valence-corrected chi connectivity index (χ0v) is 10.1. The number of nitrogens with one attached hydrogen (secondary N) is 1. The zero-order valence-electron chi connectivity index (χ0n) is 9.39. The second-order valence-corrected chi connectivity index (χ2v) is 4.88. The van der Waals surface area contributed by atoms with Gasteiger partial charge in [0.25, 0.3) is 0 Å². The number of hydrogen-bond donors (Lipinski definition) is 1. The van der Waals surface area contributed by atoms with Crippen molar-refractivity contribution in [2.45, 2.75) is 39.3 Å². The maximum Gasteiger partial charge on any atom is 0.0435 e. The van der Waals surface area contributed by atoms with Gasteiger partial charge in [0, 0.05) is 17.6 Å². The summed E-state index contributed by atoms with van der Waals surface area (Å²) in [4.78, 5) is 0. The van der Waals surface area contributed by atoms with Crippen LogP contribution in [0.1, 0.15) is 30.9 Å². The molecule has 1 N–H and O–H groups in total. The zero-order chi connectivity index (χ0) is 10.8. The number of aryl methyl sites for hydroxylation is 1. The maximum atomic E-state index is 5.98. The van der Waals surface area contributed by atoms with E-state index in [1.54, 1.807) is 0 Å². The average Bonchev–Trinajstić information content (AvgIpc) is 2.98. The Balaban J connectivity index is 1.86. The van der Waals surface area contributed by atoms with E-state index in [4.69, 9.17) is 11.6 Å². The summed E-state index contributed by atoms with van der Waals surface area (Å²) in [7, 11) is 0. The first-order valence-electron chi connectivity index (χ1n) is 5.69. The quantitative estimate of drug-likeness (QED) is 0.824. The fraction of sp³-hybridized carbons (Fsp3) is 0.538. The Hall–Kier alpha value is -0.530. The predicted octanol–water partition coefficient (Wildman–Crippen LogP) is 3.54. The molecular weight excluding hydrogens is 206 g/mol. The van der Waals surface area contributed by atoms with Gasteiger partial charge in [-0.3, -0.25) is 0 Å². The first-order valence-corrected chi connectivity index (χ1v) is 6.07. The van der Waals surface area contributed by atoms with E-state index in [1.165, 1.54) is 24.0 Å². The van der Waals surface area contributed by atoms with Crippen molar-refractivity contribution in [2.24, 2.45) is 5.92 Å². The maximum absolute atomic E-state index is 5.98. The molecule has 2 unspecified atom stereocenters. The lowest BCUT2D eigenvalue weighted by atomic mass is 10.1. The monoisotopic (exact) mass is 223 g/mol. The summed E-state index contributed by atoms with van der Waals surface area (Å²) in [6.45, 7) is 5.29. The van der Waals surface area contributed by atoms with Crippen molar-refractivity contribution in [3.05, 3.63) is 34.3 Å². The van der Waals surface area contributed by atoms with E-state index in [9.17, 15) is 0 Å². The van der Waals surface area contributed by atoms with Crippen molar-refractivity contribution in [1.29, 1.82) is 0 Å². The molecule has 1 fully saturated rings. The summed E-state index contributed by atoms with van der Waals surface area (Å²) < 4.78 is 0. The van der Waals surface area contributed by atoms with Crippen molar-refractivity contribution in [1.82, 2.24) is 5.32 Å². The number of benzene rings is 1. The van der Waals surface area contributed by atoms with Gasteiger partial charge in [-0.25, -0.2) is 0 Å². The second kappa shape index (κ2) is 4.54. The van der Waals surface area contributed by atoms with Gasteiger partial charge in [-0.05, 0) is 36.5 Å². The highest BCUT2D eigenvalue weighted by atomic mass is 35.5. The first-order chi connectivity index (χ1) is 7.20. The van der Waals surface area contributed by atoms with Gasteiger partial charge in [0.05, 0.1) is 0 Å². The van der Waals surface area contributed by atoms with Crippen LogP contribution in [0.3, 0.4) is 0 Å². The molecule has 0 aliphatic heterocycles. The highest BCUT2D eigenvalue weighted by molar-refractivity contribution is 6.31. The van der Waals surface area contributed by atoms with Crippen LogP contribution in [0.25, 0.3) is 0 Å². The smallest absolute Gasteiger partial charge is 0.0435 e. The van der Waals surface area contributed by atoms with E-state index < -0.39 is 0 Å². The standard InChI is InChI=1S/C13H18ClN/c1-3-11-7-13(11)15-8-10-4-5-12(14)9(2)6-10/h4-6,11,13,15H,3,7-8H2,1-2H3. The largest absolute Gasteiger partial charge is 0.310 e. The summed E-state index contributed by atoms with van der Waals surface area (Å²) in [5.74, 6) is 0.915. The summed E-state index contributed by atoms with van der Waals surface area (Å²) in [5, 5.41) is 4.44. The van der Waals surface area contributed by atoms with E-state index in [0.717, 1.165) is 23.5 Å². The Kier molecular flexibility index (Phi) is 3.32. The van der Waals surface area contributed by atoms with Gasteiger partial charge in [0.15, 0.2) is 0 Å². The lowest BCUT2D eigenvalue weighted by molar-refractivity contribution is 0.623. The normalized spacial score (nSPS) is 24.2. The van der Waals surface area contributed by atoms with Crippen LogP contribution in [-0.4, -0.2) is 6.04 Å². The van der Waals surface area contributed by atoms with Crippen molar-refractivity contribution >= 4 is 11.6 Å². The molecule has 0 spiro atoms. The van der Waals surface area contributed by atoms with Crippen molar-refractivity contribution in [2.75, 3.05) is 0 Å². The molecule has 0 radical (unpaired) electrons. The van der Waals surface area contributed by atoms with Crippen LogP contribution in [0.4, 0.5) is 0 Å². The third-order valence-electron chi connectivity index (χ3n) is 3.24. The molecule has 0 saturated heterocycles. The summed E-state index contributed by atoms with van der Waals surface area (Å²) in [5.41, 5.74) is 2.50. The molecule has 2 rings (SSSR count). The van der Waals surface area contributed by atoms with Gasteiger partial charge in [-0.15, -0.1) is 0 Å². The van der Waals surface area contributed by atoms with Gasteiger partial charge < -0.3 is 5.32 Å². The Morgan fingerprint density at radius 2 is 2.27 bits per heavy atom. The van der Waals surface area contributed by atoms with Crippen LogP contribution in [0.15, 0.2) is 18.2 Å². The Bertz CT molecular complexity index is 348. The molecule has 2 heteroatoms. The minimum absolute atomic E-state index is 0.756. The molecule has 1 nitrogen and oxygen atoms in total. The number of hydrogen-bond acceptors (Lipinski definition) is 1. The van der Waals surface area contributed by atoms with E-state index in [1.807, 2.05) is 6.07 Å². The Morgan fingerprint density at radius 3 is 2.87 bits per heavy atom. The fourth-order valence-corrected chi connectivity index (χ4v) is 2.13. The van der Waals surface area contributed by atoms with E-state index in [2.05, 4.69) is 31.3 Å². The number of halogens is 1. The second-order valence-electron chi connectivity index (χ2n) is 4.47. The molecule has 0 aromatic heterocycles. The predicted molar refractivity (Wildman–Crippen MR) is 65.2 cm³/mol. The van der Waals surface area contributed by atoms with Gasteiger partial charge in [-0.1, -0.05) is 37.1 Å². The van der Waals surface area contributed by atoms with E-state index in [-0.39, 0.29) is 0 Å². The molecule has 0 bridgehead atoms. The lowest BCUT2D eigenvalue weighted by Gasteiger charge is -2.06. The Morgan fingerprint density at radius 1 is 1.47 bits per heavy atom. The van der Waals surface area contributed by atoms with Crippen LogP contribution in [0, 0.1) is 12.8 Å². The Labute approximate surface area is 96.8 Å². The van der Waals surface area contributed by atoms with Gasteiger partial charge >= 0.3 is 0 Å². The summed E-state index contributed by atoms with van der Waals surface area (Å²) in [6.07, 6.45) is 2.65. The van der Waals surface area contributed by atoms with Crippen molar-refractivity contribution in [3.8, 4) is 0 Å². The molecule has 82 valence electrons. The highest BCUT2D eigenvalue weighted by Gasteiger charge is 2.34. The molecule has 1 aromatic carbocycles. The van der Waals surface area contributed by atoms with Crippen LogP contribution in [0.2, 0.25) is 5.02 Å². The molecule has 1 saturated carbocycles. The minimum atomic E-state index is 0.756. The van der Waals surface area contributed by atoms with Crippen LogP contribution < -0.4 is 5.32 Å². The van der Waals surface area contributed by atoms with Crippen LogP contribution in [0.5, 0.6) is 0 Å². The summed E-state index contributed by atoms with van der Waals surface area (Å²) >= 11 is 5.98. The molecule has 1 aliphatic rings. The van der Waals surface area contributed by atoms with Gasteiger partial charge in [0.1, 0.15) is 0 Å². The van der Waals surface area contributed by atoms with E-state index in [0.29, 0.717) is 0 Å². The number of rotatable bonds is 4. The van der Waals surface area contributed by atoms with Crippen LogP contribution >= 0.6 is 11.6 Å². The topological polar surface area (TPSA) is 12.0 Å². The average molecular weight is 224 g/mol. The molecule has 0 heterocycles. The highest BCUT2D eigenvalue weighted by Crippen LogP contribution is 2.33. The van der Waals surface area contributed by atoms with E-state index >= 15 is 0 Å². The third kappa shape index (κ3) is 2.73. The summed E-state index contributed by atoms with van der Waals surface area (Å²) in [6, 6.07) is 7.01. The molecular formula is C13H18ClN.